The molecule has 2 aromatic heterocycles. The summed E-state index contributed by atoms with van der Waals surface area (Å²) in [5.74, 6) is -0.0353. The quantitative estimate of drug-likeness (QED) is 0.819. The molecule has 3 rings (SSSR count). The second-order valence-electron chi connectivity index (χ2n) is 6.21. The van der Waals surface area contributed by atoms with Crippen molar-refractivity contribution in [3.8, 4) is 0 Å². The molecule has 6 heteroatoms. The lowest BCUT2D eigenvalue weighted by Gasteiger charge is -2.26. The molecule has 1 aliphatic heterocycles. The van der Waals surface area contributed by atoms with Crippen molar-refractivity contribution in [3.63, 3.8) is 0 Å². The molecule has 0 aromatic carbocycles. The Morgan fingerprint density at radius 1 is 1.38 bits per heavy atom. The lowest BCUT2D eigenvalue weighted by Crippen LogP contribution is -2.38. The molecule has 0 saturated carbocycles. The number of hydrogen-bond acceptors (Lipinski definition) is 4. The molecule has 1 N–H and O–H groups in total. The van der Waals surface area contributed by atoms with E-state index in [1.54, 1.807) is 0 Å². The first-order valence-electron chi connectivity index (χ1n) is 8.75. The van der Waals surface area contributed by atoms with E-state index in [0.29, 0.717) is 12.2 Å². The maximum Gasteiger partial charge on any atom is 0.270 e. The molecule has 0 aliphatic carbocycles. The molecule has 130 valence electrons. The second kappa shape index (κ2) is 7.77. The minimum Gasteiger partial charge on any atom is -0.379 e. The van der Waals surface area contributed by atoms with Crippen molar-refractivity contribution in [3.05, 3.63) is 35.3 Å². The van der Waals surface area contributed by atoms with Crippen LogP contribution in [0.4, 0.5) is 0 Å². The molecule has 0 bridgehead atoms. The Kier molecular flexibility index (Phi) is 5.48. The Balaban J connectivity index is 1.62. The number of imidazole rings is 1. The van der Waals surface area contributed by atoms with Gasteiger partial charge >= 0.3 is 0 Å². The van der Waals surface area contributed by atoms with Gasteiger partial charge < -0.3 is 10.1 Å². The van der Waals surface area contributed by atoms with Gasteiger partial charge in [-0.25, -0.2) is 4.98 Å². The largest absolute Gasteiger partial charge is 0.379 e. The van der Waals surface area contributed by atoms with Gasteiger partial charge in [-0.05, 0) is 37.9 Å². The molecule has 1 fully saturated rings. The topological polar surface area (TPSA) is 58.9 Å². The number of fused-ring (bicyclic) bond motifs is 1. The third-order valence-electron chi connectivity index (χ3n) is 4.51. The summed E-state index contributed by atoms with van der Waals surface area (Å²) in [7, 11) is 0. The Labute approximate surface area is 142 Å². The van der Waals surface area contributed by atoms with Gasteiger partial charge in [-0.2, -0.15) is 0 Å². The fraction of sp³-hybridized carbons (Fsp3) is 0.556. The zero-order valence-electron chi connectivity index (χ0n) is 14.5. The maximum absolute atomic E-state index is 12.7. The van der Waals surface area contributed by atoms with Gasteiger partial charge in [0.2, 0.25) is 0 Å². The number of ether oxygens (including phenoxy) is 1. The number of carbonyl (C=O) groups is 1. The van der Waals surface area contributed by atoms with Crippen molar-refractivity contribution >= 4 is 11.6 Å². The van der Waals surface area contributed by atoms with E-state index in [0.717, 1.165) is 62.6 Å². The van der Waals surface area contributed by atoms with Crippen LogP contribution in [0.1, 0.15) is 35.1 Å². The molecule has 0 atom stereocenters. The van der Waals surface area contributed by atoms with Crippen LogP contribution in [0.2, 0.25) is 0 Å². The van der Waals surface area contributed by atoms with Gasteiger partial charge in [0.1, 0.15) is 11.3 Å². The van der Waals surface area contributed by atoms with Crippen LogP contribution in [0, 0.1) is 6.92 Å². The number of carbonyl (C=O) groups excluding carboxylic acids is 1. The third kappa shape index (κ3) is 3.60. The van der Waals surface area contributed by atoms with Crippen LogP contribution in [-0.4, -0.2) is 59.6 Å². The molecular formula is C18H26N4O2. The molecule has 0 radical (unpaired) electrons. The summed E-state index contributed by atoms with van der Waals surface area (Å²) in [6.07, 6.45) is 3.61. The Bertz CT molecular complexity index is 704. The summed E-state index contributed by atoms with van der Waals surface area (Å²) in [4.78, 5) is 19.7. The number of aromatic nitrogens is 2. The summed E-state index contributed by atoms with van der Waals surface area (Å²) in [6, 6.07) is 3.98. The Morgan fingerprint density at radius 3 is 2.92 bits per heavy atom. The maximum atomic E-state index is 12.7. The van der Waals surface area contributed by atoms with Crippen LogP contribution in [0.3, 0.4) is 0 Å². The number of pyridine rings is 1. The smallest absolute Gasteiger partial charge is 0.270 e. The van der Waals surface area contributed by atoms with Crippen molar-refractivity contribution in [2.75, 3.05) is 39.4 Å². The van der Waals surface area contributed by atoms with E-state index in [-0.39, 0.29) is 5.91 Å². The van der Waals surface area contributed by atoms with E-state index < -0.39 is 0 Å². The standard InChI is InChI=1S/C18H26N4O2/c1-3-15-16(22-9-4-6-14(2)17(22)20-15)18(23)19-7-5-8-21-10-12-24-13-11-21/h4,6,9H,3,5,7-8,10-13H2,1-2H3,(H,19,23). The van der Waals surface area contributed by atoms with Crippen molar-refractivity contribution < 1.29 is 9.53 Å². The monoisotopic (exact) mass is 330 g/mol. The number of aryl methyl sites for hydroxylation is 2. The first-order valence-corrected chi connectivity index (χ1v) is 8.75. The average molecular weight is 330 g/mol. The van der Waals surface area contributed by atoms with Crippen LogP contribution >= 0.6 is 0 Å². The van der Waals surface area contributed by atoms with E-state index in [9.17, 15) is 4.79 Å². The van der Waals surface area contributed by atoms with E-state index in [1.807, 2.05) is 36.6 Å². The van der Waals surface area contributed by atoms with E-state index >= 15 is 0 Å². The second-order valence-corrected chi connectivity index (χ2v) is 6.21. The van der Waals surface area contributed by atoms with Crippen LogP contribution in [0.25, 0.3) is 5.65 Å². The van der Waals surface area contributed by atoms with Crippen LogP contribution in [0.15, 0.2) is 18.3 Å². The van der Waals surface area contributed by atoms with Crippen molar-refractivity contribution in [1.82, 2.24) is 19.6 Å². The van der Waals surface area contributed by atoms with E-state index in [2.05, 4.69) is 15.2 Å². The zero-order chi connectivity index (χ0) is 16.9. The molecule has 2 aromatic rings. The van der Waals surface area contributed by atoms with Crippen molar-refractivity contribution in [1.29, 1.82) is 0 Å². The molecular weight excluding hydrogens is 304 g/mol. The Hall–Kier alpha value is -1.92. The number of morpholine rings is 1. The molecule has 1 aliphatic rings. The van der Waals surface area contributed by atoms with Gasteiger partial charge in [-0.1, -0.05) is 13.0 Å². The summed E-state index contributed by atoms with van der Waals surface area (Å²) < 4.78 is 7.26. The Morgan fingerprint density at radius 2 is 2.17 bits per heavy atom. The van der Waals surface area contributed by atoms with Gasteiger partial charge in [0.15, 0.2) is 0 Å². The molecule has 0 spiro atoms. The highest BCUT2D eigenvalue weighted by Crippen LogP contribution is 2.16. The minimum atomic E-state index is -0.0353. The molecule has 6 nitrogen and oxygen atoms in total. The molecule has 3 heterocycles. The first-order chi connectivity index (χ1) is 11.7. The normalized spacial score (nSPS) is 15.8. The fourth-order valence-electron chi connectivity index (χ4n) is 3.15. The van der Waals surface area contributed by atoms with Crippen molar-refractivity contribution in [2.45, 2.75) is 26.7 Å². The molecule has 0 unspecified atom stereocenters. The lowest BCUT2D eigenvalue weighted by atomic mass is 10.2. The molecule has 1 amide bonds. The minimum absolute atomic E-state index is 0.0353. The van der Waals surface area contributed by atoms with Crippen LogP contribution < -0.4 is 5.32 Å². The molecule has 1 saturated heterocycles. The van der Waals surface area contributed by atoms with Gasteiger partial charge in [-0.3, -0.25) is 14.1 Å². The van der Waals surface area contributed by atoms with Gasteiger partial charge in [0.05, 0.1) is 18.9 Å². The fourth-order valence-corrected chi connectivity index (χ4v) is 3.15. The number of hydrogen-bond donors (Lipinski definition) is 1. The van der Waals surface area contributed by atoms with E-state index in [1.165, 1.54) is 0 Å². The summed E-state index contributed by atoms with van der Waals surface area (Å²) >= 11 is 0. The lowest BCUT2D eigenvalue weighted by molar-refractivity contribution is 0.0374. The summed E-state index contributed by atoms with van der Waals surface area (Å²) in [6.45, 7) is 9.33. The predicted molar refractivity (Wildman–Crippen MR) is 93.5 cm³/mol. The number of nitrogens with one attached hydrogen (secondary N) is 1. The van der Waals surface area contributed by atoms with Gasteiger partial charge in [-0.15, -0.1) is 0 Å². The summed E-state index contributed by atoms with van der Waals surface area (Å²) in [5.41, 5.74) is 3.48. The first kappa shape index (κ1) is 16.9. The van der Waals surface area contributed by atoms with Crippen molar-refractivity contribution in [2.24, 2.45) is 0 Å². The number of amides is 1. The highest BCUT2D eigenvalue weighted by molar-refractivity contribution is 5.94. The van der Waals surface area contributed by atoms with Crippen LogP contribution in [-0.2, 0) is 11.2 Å². The highest BCUT2D eigenvalue weighted by Gasteiger charge is 2.18. The number of rotatable bonds is 6. The predicted octanol–water partition coefficient (Wildman–Crippen LogP) is 1.66. The zero-order valence-corrected chi connectivity index (χ0v) is 14.5. The SMILES string of the molecule is CCc1nc2c(C)cccn2c1C(=O)NCCCN1CCOCC1. The van der Waals surface area contributed by atoms with E-state index in [4.69, 9.17) is 4.74 Å². The number of nitrogens with zero attached hydrogens (tertiary/aromatic N) is 3. The average Bonchev–Trinajstić information content (AvgIpc) is 2.99. The highest BCUT2D eigenvalue weighted by atomic mass is 16.5. The summed E-state index contributed by atoms with van der Waals surface area (Å²) in [5, 5.41) is 3.05. The van der Waals surface area contributed by atoms with Gasteiger partial charge in [0, 0.05) is 25.8 Å². The molecule has 24 heavy (non-hydrogen) atoms. The third-order valence-corrected chi connectivity index (χ3v) is 4.51. The van der Waals surface area contributed by atoms with Crippen LogP contribution in [0.5, 0.6) is 0 Å². The van der Waals surface area contributed by atoms with Gasteiger partial charge in [0.25, 0.3) is 5.91 Å².